The summed E-state index contributed by atoms with van der Waals surface area (Å²) in [6.07, 6.45) is 1.43. The minimum atomic E-state index is -0.809. The summed E-state index contributed by atoms with van der Waals surface area (Å²) in [5.74, 6) is 0. The summed E-state index contributed by atoms with van der Waals surface area (Å²) in [5, 5.41) is 17.5. The Bertz CT molecular complexity index is 167. The minimum absolute atomic E-state index is 0.130. The Morgan fingerprint density at radius 3 is 1.74 bits per heavy atom. The summed E-state index contributed by atoms with van der Waals surface area (Å²) >= 11 is 0. The van der Waals surface area contributed by atoms with E-state index < -0.39 is 6.10 Å². The summed E-state index contributed by atoms with van der Waals surface area (Å²) < 4.78 is 21.0. The minimum Gasteiger partial charge on any atom is -0.394 e. The summed E-state index contributed by atoms with van der Waals surface area (Å²) in [7, 11) is 0. The van der Waals surface area contributed by atoms with Crippen molar-refractivity contribution in [1.82, 2.24) is 0 Å². The molecule has 0 aliphatic heterocycles. The molecule has 0 radical (unpaired) electrons. The fourth-order valence-electron chi connectivity index (χ4n) is 1.18. The number of ether oxygens (including phenoxy) is 4. The Labute approximate surface area is 115 Å². The Hall–Kier alpha value is -0.240. The summed E-state index contributed by atoms with van der Waals surface area (Å²) in [4.78, 5) is 0. The highest BCUT2D eigenvalue weighted by atomic mass is 16.6. The third-order valence-electron chi connectivity index (χ3n) is 2.28. The highest BCUT2D eigenvalue weighted by Crippen LogP contribution is 1.88. The van der Waals surface area contributed by atoms with Crippen LogP contribution in [0.3, 0.4) is 0 Å². The van der Waals surface area contributed by atoms with Gasteiger partial charge in [0.2, 0.25) is 0 Å². The van der Waals surface area contributed by atoms with Crippen molar-refractivity contribution in [3.05, 3.63) is 0 Å². The molecule has 6 nitrogen and oxygen atoms in total. The second kappa shape index (κ2) is 15.8. The van der Waals surface area contributed by atoms with Gasteiger partial charge >= 0.3 is 0 Å². The molecule has 0 aromatic rings. The van der Waals surface area contributed by atoms with E-state index in [0.717, 1.165) is 19.4 Å². The van der Waals surface area contributed by atoms with Gasteiger partial charge in [0.05, 0.1) is 52.9 Å². The van der Waals surface area contributed by atoms with Crippen molar-refractivity contribution < 1.29 is 29.2 Å². The molecule has 2 N–H and O–H groups in total. The smallest absolute Gasteiger partial charge is 0.100 e. The molecule has 0 spiro atoms. The number of hydrogen-bond donors (Lipinski definition) is 2. The molecule has 0 aliphatic carbocycles. The molecular formula is C13H28O6. The van der Waals surface area contributed by atoms with Crippen LogP contribution in [0.25, 0.3) is 0 Å². The number of aliphatic hydroxyl groups is 2. The van der Waals surface area contributed by atoms with Gasteiger partial charge in [0, 0.05) is 6.61 Å². The fraction of sp³-hybridized carbons (Fsp3) is 1.00. The van der Waals surface area contributed by atoms with E-state index in [1.165, 1.54) is 0 Å². The first-order chi connectivity index (χ1) is 9.31. The number of hydrogen-bond acceptors (Lipinski definition) is 6. The standard InChI is InChI=1S/C13H28O6/c1-2-3-4-16-5-6-17-7-8-18-9-10-19-12-13(15)11-14/h13-15H,2-12H2,1H3. The molecule has 0 aliphatic rings. The van der Waals surface area contributed by atoms with E-state index in [2.05, 4.69) is 6.92 Å². The van der Waals surface area contributed by atoms with Crippen molar-refractivity contribution in [2.75, 3.05) is 59.5 Å². The molecule has 0 aromatic carbocycles. The topological polar surface area (TPSA) is 77.4 Å². The van der Waals surface area contributed by atoms with Gasteiger partial charge < -0.3 is 29.2 Å². The zero-order chi connectivity index (χ0) is 14.2. The van der Waals surface area contributed by atoms with Gasteiger partial charge in [0.1, 0.15) is 6.10 Å². The number of unbranched alkanes of at least 4 members (excludes halogenated alkanes) is 1. The maximum atomic E-state index is 8.99. The second-order valence-electron chi connectivity index (χ2n) is 4.10. The molecule has 1 atom stereocenters. The van der Waals surface area contributed by atoms with E-state index in [0.29, 0.717) is 39.6 Å². The number of rotatable bonds is 15. The highest BCUT2D eigenvalue weighted by Gasteiger charge is 2.00. The zero-order valence-corrected chi connectivity index (χ0v) is 11.9. The van der Waals surface area contributed by atoms with Gasteiger partial charge in [-0.05, 0) is 6.42 Å². The predicted molar refractivity (Wildman–Crippen MR) is 71.3 cm³/mol. The van der Waals surface area contributed by atoms with Gasteiger partial charge in [-0.3, -0.25) is 0 Å². The van der Waals surface area contributed by atoms with Crippen LogP contribution in [0.15, 0.2) is 0 Å². The van der Waals surface area contributed by atoms with Crippen LogP contribution in [0.1, 0.15) is 19.8 Å². The van der Waals surface area contributed by atoms with Crippen molar-refractivity contribution >= 4 is 0 Å². The normalized spacial score (nSPS) is 12.8. The summed E-state index contributed by atoms with van der Waals surface area (Å²) in [6.45, 7) is 5.90. The maximum absolute atomic E-state index is 8.99. The van der Waals surface area contributed by atoms with Crippen LogP contribution in [0.4, 0.5) is 0 Å². The lowest BCUT2D eigenvalue weighted by atomic mass is 10.4. The van der Waals surface area contributed by atoms with Crippen molar-refractivity contribution in [2.24, 2.45) is 0 Å². The predicted octanol–water partition coefficient (Wildman–Crippen LogP) is 0.206. The Morgan fingerprint density at radius 2 is 1.26 bits per heavy atom. The Morgan fingerprint density at radius 1 is 0.789 bits per heavy atom. The number of aliphatic hydroxyl groups excluding tert-OH is 2. The van der Waals surface area contributed by atoms with Crippen LogP contribution < -0.4 is 0 Å². The summed E-state index contributed by atoms with van der Waals surface area (Å²) in [5.41, 5.74) is 0. The lowest BCUT2D eigenvalue weighted by Gasteiger charge is -2.09. The third-order valence-corrected chi connectivity index (χ3v) is 2.28. The quantitative estimate of drug-likeness (QED) is 0.417. The molecule has 0 amide bonds. The first-order valence-corrected chi connectivity index (χ1v) is 6.91. The maximum Gasteiger partial charge on any atom is 0.100 e. The average molecular weight is 280 g/mol. The molecule has 0 saturated heterocycles. The lowest BCUT2D eigenvalue weighted by molar-refractivity contribution is -0.0267. The molecule has 0 fully saturated rings. The first-order valence-electron chi connectivity index (χ1n) is 6.91. The Balaban J connectivity index is 2.95. The van der Waals surface area contributed by atoms with E-state index in [4.69, 9.17) is 29.2 Å². The molecule has 0 heterocycles. The van der Waals surface area contributed by atoms with Crippen LogP contribution >= 0.6 is 0 Å². The van der Waals surface area contributed by atoms with Crippen LogP contribution in [-0.4, -0.2) is 75.8 Å². The van der Waals surface area contributed by atoms with Crippen molar-refractivity contribution in [3.8, 4) is 0 Å². The monoisotopic (exact) mass is 280 g/mol. The van der Waals surface area contributed by atoms with E-state index in [9.17, 15) is 0 Å². The highest BCUT2D eigenvalue weighted by molar-refractivity contribution is 4.48. The molecule has 6 heteroatoms. The SMILES string of the molecule is CCCCOCCOCCOCCOCC(O)CO. The van der Waals surface area contributed by atoms with E-state index in [1.807, 2.05) is 0 Å². The van der Waals surface area contributed by atoms with E-state index in [-0.39, 0.29) is 13.2 Å². The van der Waals surface area contributed by atoms with Gasteiger partial charge in [-0.25, -0.2) is 0 Å². The van der Waals surface area contributed by atoms with Gasteiger partial charge in [-0.2, -0.15) is 0 Å². The van der Waals surface area contributed by atoms with E-state index >= 15 is 0 Å². The largest absolute Gasteiger partial charge is 0.394 e. The van der Waals surface area contributed by atoms with Gasteiger partial charge in [-0.15, -0.1) is 0 Å². The zero-order valence-electron chi connectivity index (χ0n) is 11.9. The van der Waals surface area contributed by atoms with Crippen LogP contribution in [-0.2, 0) is 18.9 Å². The van der Waals surface area contributed by atoms with Gasteiger partial charge in [-0.1, -0.05) is 13.3 Å². The third kappa shape index (κ3) is 15.7. The second-order valence-corrected chi connectivity index (χ2v) is 4.10. The molecule has 0 bridgehead atoms. The molecule has 1 unspecified atom stereocenters. The van der Waals surface area contributed by atoms with Crippen LogP contribution in [0.5, 0.6) is 0 Å². The molecule has 0 saturated carbocycles. The van der Waals surface area contributed by atoms with E-state index in [1.54, 1.807) is 0 Å². The Kier molecular flexibility index (Phi) is 15.6. The molecule has 0 aromatic heterocycles. The van der Waals surface area contributed by atoms with Gasteiger partial charge in [0.15, 0.2) is 0 Å². The van der Waals surface area contributed by atoms with Crippen molar-refractivity contribution in [2.45, 2.75) is 25.9 Å². The molecule has 0 rings (SSSR count). The fourth-order valence-corrected chi connectivity index (χ4v) is 1.18. The molecule has 19 heavy (non-hydrogen) atoms. The average Bonchev–Trinajstić information content (AvgIpc) is 2.43. The van der Waals surface area contributed by atoms with Crippen molar-refractivity contribution in [3.63, 3.8) is 0 Å². The summed E-state index contributed by atoms with van der Waals surface area (Å²) in [6, 6.07) is 0. The van der Waals surface area contributed by atoms with Crippen LogP contribution in [0.2, 0.25) is 0 Å². The van der Waals surface area contributed by atoms with Gasteiger partial charge in [0.25, 0.3) is 0 Å². The molecule has 116 valence electrons. The lowest BCUT2D eigenvalue weighted by Crippen LogP contribution is -2.21. The first kappa shape index (κ1) is 18.8. The van der Waals surface area contributed by atoms with Crippen molar-refractivity contribution in [1.29, 1.82) is 0 Å². The molecular weight excluding hydrogens is 252 g/mol. The van der Waals surface area contributed by atoms with Crippen LogP contribution in [0, 0.1) is 0 Å².